The normalized spacial score (nSPS) is 24.2. The van der Waals surface area contributed by atoms with Crippen LogP contribution in [0, 0.1) is 0 Å². The van der Waals surface area contributed by atoms with Crippen molar-refractivity contribution < 1.29 is 15.0 Å². The van der Waals surface area contributed by atoms with Crippen molar-refractivity contribution in [3.8, 4) is 0 Å². The van der Waals surface area contributed by atoms with E-state index < -0.39 is 12.2 Å². The zero-order chi connectivity index (χ0) is 12.3. The van der Waals surface area contributed by atoms with E-state index in [0.717, 1.165) is 12.8 Å². The van der Waals surface area contributed by atoms with Crippen LogP contribution in [0.2, 0.25) is 0 Å². The standard InChI is InChI=1S/C12H17NO3S/c14-10-7-13(8-11(10)15)12(16)5-1-3-9-4-2-6-17-9/h2,4,6,10-11,14-15H,1,3,5,7-8H2. The van der Waals surface area contributed by atoms with Crippen LogP contribution in [0.1, 0.15) is 17.7 Å². The first-order valence-electron chi connectivity index (χ1n) is 5.83. The summed E-state index contributed by atoms with van der Waals surface area (Å²) >= 11 is 1.70. The van der Waals surface area contributed by atoms with E-state index in [1.165, 1.54) is 4.88 Å². The van der Waals surface area contributed by atoms with Crippen molar-refractivity contribution in [2.24, 2.45) is 0 Å². The first-order valence-corrected chi connectivity index (χ1v) is 6.71. The molecule has 0 saturated carbocycles. The van der Waals surface area contributed by atoms with E-state index in [-0.39, 0.29) is 19.0 Å². The maximum atomic E-state index is 11.8. The van der Waals surface area contributed by atoms with Gasteiger partial charge < -0.3 is 15.1 Å². The van der Waals surface area contributed by atoms with Crippen molar-refractivity contribution in [2.75, 3.05) is 13.1 Å². The lowest BCUT2D eigenvalue weighted by Crippen LogP contribution is -2.29. The average Bonchev–Trinajstić information content (AvgIpc) is 2.90. The minimum atomic E-state index is -0.781. The molecule has 2 heterocycles. The van der Waals surface area contributed by atoms with Gasteiger partial charge in [-0.1, -0.05) is 6.07 Å². The summed E-state index contributed by atoms with van der Waals surface area (Å²) < 4.78 is 0. The van der Waals surface area contributed by atoms with Crippen molar-refractivity contribution in [3.05, 3.63) is 22.4 Å². The zero-order valence-corrected chi connectivity index (χ0v) is 10.4. The highest BCUT2D eigenvalue weighted by atomic mass is 32.1. The largest absolute Gasteiger partial charge is 0.388 e. The molecule has 17 heavy (non-hydrogen) atoms. The Morgan fingerprint density at radius 2 is 2.12 bits per heavy atom. The van der Waals surface area contributed by atoms with Gasteiger partial charge in [-0.2, -0.15) is 0 Å². The highest BCUT2D eigenvalue weighted by molar-refractivity contribution is 7.09. The van der Waals surface area contributed by atoms with Gasteiger partial charge in [0.1, 0.15) is 0 Å². The van der Waals surface area contributed by atoms with E-state index in [0.29, 0.717) is 6.42 Å². The molecule has 1 saturated heterocycles. The summed E-state index contributed by atoms with van der Waals surface area (Å²) in [6, 6.07) is 4.08. The second-order valence-electron chi connectivity index (χ2n) is 4.37. The summed E-state index contributed by atoms with van der Waals surface area (Å²) in [7, 11) is 0. The molecule has 2 N–H and O–H groups in total. The number of hydrogen-bond donors (Lipinski definition) is 2. The number of likely N-dealkylation sites (tertiary alicyclic amines) is 1. The Kier molecular flexibility index (Phi) is 4.15. The van der Waals surface area contributed by atoms with E-state index >= 15 is 0 Å². The molecule has 1 aliphatic rings. The number of amides is 1. The monoisotopic (exact) mass is 255 g/mol. The molecule has 0 aromatic carbocycles. The van der Waals surface area contributed by atoms with Crippen LogP contribution in [0.5, 0.6) is 0 Å². The minimum Gasteiger partial charge on any atom is -0.388 e. The maximum absolute atomic E-state index is 11.8. The zero-order valence-electron chi connectivity index (χ0n) is 9.58. The number of nitrogens with zero attached hydrogens (tertiary/aromatic N) is 1. The molecule has 2 unspecified atom stereocenters. The summed E-state index contributed by atoms with van der Waals surface area (Å²) in [4.78, 5) is 14.6. The summed E-state index contributed by atoms with van der Waals surface area (Å²) in [5.41, 5.74) is 0. The maximum Gasteiger partial charge on any atom is 0.222 e. The number of carbonyl (C=O) groups is 1. The Labute approximate surface area is 104 Å². The Bertz CT molecular complexity index is 356. The van der Waals surface area contributed by atoms with Crippen LogP contribution in [-0.2, 0) is 11.2 Å². The summed E-state index contributed by atoms with van der Waals surface area (Å²) in [6.45, 7) is 0.526. The molecule has 2 rings (SSSR count). The molecule has 1 aromatic heterocycles. The lowest BCUT2D eigenvalue weighted by atomic mass is 10.2. The predicted octanol–water partition coefficient (Wildman–Crippen LogP) is 0.635. The van der Waals surface area contributed by atoms with Gasteiger partial charge in [-0.05, 0) is 24.3 Å². The number of hydrogen-bond acceptors (Lipinski definition) is 4. The van der Waals surface area contributed by atoms with E-state index in [2.05, 4.69) is 6.07 Å². The van der Waals surface area contributed by atoms with Gasteiger partial charge in [-0.15, -0.1) is 11.3 Å². The van der Waals surface area contributed by atoms with E-state index in [1.54, 1.807) is 16.2 Å². The fourth-order valence-electron chi connectivity index (χ4n) is 2.00. The van der Waals surface area contributed by atoms with Gasteiger partial charge in [0, 0.05) is 24.4 Å². The number of carbonyl (C=O) groups excluding carboxylic acids is 1. The second kappa shape index (κ2) is 5.62. The first kappa shape index (κ1) is 12.5. The molecule has 94 valence electrons. The Morgan fingerprint density at radius 1 is 1.41 bits per heavy atom. The van der Waals surface area contributed by atoms with Crippen LogP contribution < -0.4 is 0 Å². The van der Waals surface area contributed by atoms with Crippen LogP contribution in [-0.4, -0.2) is 46.3 Å². The average molecular weight is 255 g/mol. The van der Waals surface area contributed by atoms with Crippen molar-refractivity contribution in [1.82, 2.24) is 4.90 Å². The second-order valence-corrected chi connectivity index (χ2v) is 5.40. The fourth-order valence-corrected chi connectivity index (χ4v) is 2.75. The highest BCUT2D eigenvalue weighted by Gasteiger charge is 2.31. The molecule has 4 nitrogen and oxygen atoms in total. The summed E-state index contributed by atoms with van der Waals surface area (Å²) in [5.74, 6) is 0.0251. The number of thiophene rings is 1. The summed E-state index contributed by atoms with van der Waals surface area (Å²) in [5, 5.41) is 20.7. The fraction of sp³-hybridized carbons (Fsp3) is 0.583. The molecule has 0 aliphatic carbocycles. The molecule has 0 spiro atoms. The van der Waals surface area contributed by atoms with E-state index in [9.17, 15) is 15.0 Å². The first-order chi connectivity index (χ1) is 8.16. The molecule has 1 aromatic rings. The topological polar surface area (TPSA) is 60.8 Å². The Hall–Kier alpha value is -0.910. The van der Waals surface area contributed by atoms with Crippen molar-refractivity contribution >= 4 is 17.2 Å². The molecule has 5 heteroatoms. The molecule has 0 bridgehead atoms. The van der Waals surface area contributed by atoms with Gasteiger partial charge in [0.05, 0.1) is 12.2 Å². The van der Waals surface area contributed by atoms with Gasteiger partial charge in [-0.3, -0.25) is 4.79 Å². The van der Waals surface area contributed by atoms with Crippen LogP contribution >= 0.6 is 11.3 Å². The molecular weight excluding hydrogens is 238 g/mol. The third kappa shape index (κ3) is 3.28. The quantitative estimate of drug-likeness (QED) is 0.830. The molecule has 1 amide bonds. The number of aliphatic hydroxyl groups excluding tert-OH is 2. The van der Waals surface area contributed by atoms with E-state index in [4.69, 9.17) is 0 Å². The van der Waals surface area contributed by atoms with E-state index in [1.807, 2.05) is 11.4 Å². The molecule has 1 aliphatic heterocycles. The van der Waals surface area contributed by atoms with Gasteiger partial charge >= 0.3 is 0 Å². The van der Waals surface area contributed by atoms with Crippen LogP contribution in [0.4, 0.5) is 0 Å². The molecule has 2 atom stereocenters. The van der Waals surface area contributed by atoms with Crippen LogP contribution in [0.3, 0.4) is 0 Å². The Balaban J connectivity index is 1.71. The number of β-amino-alcohol motifs (C(OH)–C–C–N with tert-alkyl or cyclic N) is 2. The predicted molar refractivity (Wildman–Crippen MR) is 65.9 cm³/mol. The lowest BCUT2D eigenvalue weighted by Gasteiger charge is -2.14. The number of aryl methyl sites for hydroxylation is 1. The highest BCUT2D eigenvalue weighted by Crippen LogP contribution is 2.15. The van der Waals surface area contributed by atoms with Crippen molar-refractivity contribution in [2.45, 2.75) is 31.5 Å². The van der Waals surface area contributed by atoms with Crippen molar-refractivity contribution in [1.29, 1.82) is 0 Å². The summed E-state index contributed by atoms with van der Waals surface area (Å²) in [6.07, 6.45) is 0.661. The van der Waals surface area contributed by atoms with Crippen molar-refractivity contribution in [3.63, 3.8) is 0 Å². The van der Waals surface area contributed by atoms with Gasteiger partial charge in [0.2, 0.25) is 5.91 Å². The Morgan fingerprint density at radius 3 is 2.71 bits per heavy atom. The van der Waals surface area contributed by atoms with Gasteiger partial charge in [-0.25, -0.2) is 0 Å². The lowest BCUT2D eigenvalue weighted by molar-refractivity contribution is -0.130. The minimum absolute atomic E-state index is 0.0251. The number of aliphatic hydroxyl groups is 2. The third-order valence-corrected chi connectivity index (χ3v) is 3.94. The van der Waals surface area contributed by atoms with Crippen LogP contribution in [0.25, 0.3) is 0 Å². The molecule has 0 radical (unpaired) electrons. The van der Waals surface area contributed by atoms with Crippen LogP contribution in [0.15, 0.2) is 17.5 Å². The molecule has 1 fully saturated rings. The van der Waals surface area contributed by atoms with Gasteiger partial charge in [0.25, 0.3) is 0 Å². The third-order valence-electron chi connectivity index (χ3n) is 3.01. The van der Waals surface area contributed by atoms with Gasteiger partial charge in [0.15, 0.2) is 0 Å². The number of rotatable bonds is 4. The SMILES string of the molecule is O=C(CCCc1cccs1)N1CC(O)C(O)C1. The smallest absolute Gasteiger partial charge is 0.222 e. The molecular formula is C12H17NO3S.